The van der Waals surface area contributed by atoms with Gasteiger partial charge in [-0.3, -0.25) is 19.7 Å². The highest BCUT2D eigenvalue weighted by Crippen LogP contribution is 2.38. The second-order valence-corrected chi connectivity index (χ2v) is 9.74. The number of piperazine rings is 1. The molecule has 9 nitrogen and oxygen atoms in total. The predicted octanol–water partition coefficient (Wildman–Crippen LogP) is 4.41. The Morgan fingerprint density at radius 2 is 1.53 bits per heavy atom. The minimum absolute atomic E-state index is 0.126. The van der Waals surface area contributed by atoms with Crippen molar-refractivity contribution < 1.29 is 27.7 Å². The number of nitrogens with one attached hydrogen (secondary N) is 1. The Bertz CT molecular complexity index is 1180. The lowest BCUT2D eigenvalue weighted by molar-refractivity contribution is -0.388. The monoisotopic (exact) mass is 553 g/mol. The zero-order chi connectivity index (χ0) is 27.4. The number of rotatable bonds is 6. The second-order valence-electron chi connectivity index (χ2n) is 9.31. The third kappa shape index (κ3) is 6.66. The smallest absolute Gasteiger partial charge is 0.382 e. The van der Waals surface area contributed by atoms with E-state index in [0.717, 1.165) is 17.8 Å². The van der Waals surface area contributed by atoms with Crippen LogP contribution in [0.25, 0.3) is 0 Å². The highest BCUT2D eigenvalue weighted by atomic mass is 35.5. The first-order valence-electron chi connectivity index (χ1n) is 12.2. The number of benzene rings is 2. The molecule has 0 aliphatic carbocycles. The van der Waals surface area contributed by atoms with Gasteiger partial charge in [0.05, 0.1) is 4.92 Å². The molecule has 0 atom stereocenters. The molecule has 2 aliphatic heterocycles. The fourth-order valence-corrected chi connectivity index (χ4v) is 4.87. The van der Waals surface area contributed by atoms with Gasteiger partial charge in [-0.15, -0.1) is 0 Å². The molecule has 2 aromatic carbocycles. The third-order valence-electron chi connectivity index (χ3n) is 6.84. The van der Waals surface area contributed by atoms with Crippen LogP contribution in [0.15, 0.2) is 42.5 Å². The lowest BCUT2D eigenvalue weighted by Crippen LogP contribution is -2.50. The van der Waals surface area contributed by atoms with Crippen LogP contribution in [0.4, 0.5) is 30.2 Å². The first-order valence-corrected chi connectivity index (χ1v) is 12.6. The largest absolute Gasteiger partial charge is 0.423 e. The van der Waals surface area contributed by atoms with E-state index in [2.05, 4.69) is 10.2 Å². The minimum Gasteiger partial charge on any atom is -0.382 e. The molecule has 0 unspecified atom stereocenters. The van der Waals surface area contributed by atoms with Gasteiger partial charge in [0, 0.05) is 67.8 Å². The first-order chi connectivity index (χ1) is 18.0. The maximum Gasteiger partial charge on any atom is 0.423 e. The number of carbonyl (C=O) groups excluding carboxylic acids is 2. The number of carbonyl (C=O) groups is 2. The standard InChI is InChI=1S/C25H27ClF3N5O4/c26-17-1-4-20(5-2-17)31-11-13-33(14-12-31)24(36)16-23(35)32-9-7-18(8-10-32)30-19-3-6-22(34(37)38)21(15-19)25(27,28)29/h1-6,15,18,30H,7-14,16H2. The molecule has 4 rings (SSSR count). The molecule has 2 amide bonds. The van der Waals surface area contributed by atoms with Crippen LogP contribution >= 0.6 is 11.6 Å². The van der Waals surface area contributed by atoms with Crippen molar-refractivity contribution in [3.63, 3.8) is 0 Å². The highest BCUT2D eigenvalue weighted by molar-refractivity contribution is 6.30. The lowest BCUT2D eigenvalue weighted by atomic mass is 10.0. The van der Waals surface area contributed by atoms with Crippen molar-refractivity contribution in [1.29, 1.82) is 0 Å². The zero-order valence-corrected chi connectivity index (χ0v) is 21.2. The molecule has 2 fully saturated rings. The number of amides is 2. The molecule has 0 bridgehead atoms. The number of piperidine rings is 1. The minimum atomic E-state index is -4.86. The summed E-state index contributed by atoms with van der Waals surface area (Å²) in [6.07, 6.45) is -4.14. The van der Waals surface area contributed by atoms with Crippen molar-refractivity contribution in [2.45, 2.75) is 31.5 Å². The van der Waals surface area contributed by atoms with E-state index in [1.165, 1.54) is 6.07 Å². The molecule has 1 N–H and O–H groups in total. The molecule has 13 heteroatoms. The van der Waals surface area contributed by atoms with Crippen molar-refractivity contribution in [3.8, 4) is 0 Å². The van der Waals surface area contributed by atoms with Crippen LogP contribution in [0.2, 0.25) is 5.02 Å². The maximum absolute atomic E-state index is 13.2. The molecular formula is C25H27ClF3N5O4. The zero-order valence-electron chi connectivity index (χ0n) is 20.4. The van der Waals surface area contributed by atoms with E-state index in [1.807, 2.05) is 24.3 Å². The van der Waals surface area contributed by atoms with Crippen LogP contribution < -0.4 is 10.2 Å². The fourth-order valence-electron chi connectivity index (χ4n) is 4.74. The van der Waals surface area contributed by atoms with Crippen molar-refractivity contribution >= 4 is 40.5 Å². The van der Waals surface area contributed by atoms with Crippen molar-refractivity contribution in [2.75, 3.05) is 49.5 Å². The summed E-state index contributed by atoms with van der Waals surface area (Å²) in [5.74, 6) is -0.500. The third-order valence-corrected chi connectivity index (χ3v) is 7.10. The molecule has 0 radical (unpaired) electrons. The van der Waals surface area contributed by atoms with Crippen LogP contribution in [0.1, 0.15) is 24.8 Å². The SMILES string of the molecule is O=C(CC(=O)N1CCN(c2ccc(Cl)cc2)CC1)N1CCC(Nc2ccc([N+](=O)[O-])c(C(F)(F)F)c2)CC1. The molecule has 38 heavy (non-hydrogen) atoms. The highest BCUT2D eigenvalue weighted by Gasteiger charge is 2.38. The van der Waals surface area contributed by atoms with Gasteiger partial charge >= 0.3 is 6.18 Å². The topological polar surface area (TPSA) is 99.0 Å². The summed E-state index contributed by atoms with van der Waals surface area (Å²) in [6.45, 7) is 3.03. The summed E-state index contributed by atoms with van der Waals surface area (Å²) < 4.78 is 39.7. The Balaban J connectivity index is 1.24. The van der Waals surface area contributed by atoms with Gasteiger partial charge in [-0.1, -0.05) is 11.6 Å². The van der Waals surface area contributed by atoms with Crippen LogP contribution in [0.5, 0.6) is 0 Å². The molecular weight excluding hydrogens is 527 g/mol. The van der Waals surface area contributed by atoms with Crippen molar-refractivity contribution in [2.24, 2.45) is 0 Å². The Labute approximate surface area is 222 Å². The van der Waals surface area contributed by atoms with Gasteiger partial charge in [-0.25, -0.2) is 0 Å². The van der Waals surface area contributed by atoms with Gasteiger partial charge in [0.25, 0.3) is 5.69 Å². The summed E-state index contributed by atoms with van der Waals surface area (Å²) >= 11 is 5.94. The fraction of sp³-hybridized carbons (Fsp3) is 0.440. The second kappa shape index (κ2) is 11.5. The van der Waals surface area contributed by atoms with E-state index in [1.54, 1.807) is 9.80 Å². The summed E-state index contributed by atoms with van der Waals surface area (Å²) in [5.41, 5.74) is -1.16. The number of halogens is 4. The first kappa shape index (κ1) is 27.5. The number of likely N-dealkylation sites (tertiary alicyclic amines) is 1. The molecule has 204 valence electrons. The Morgan fingerprint density at radius 1 is 0.947 bits per heavy atom. The van der Waals surface area contributed by atoms with E-state index < -0.39 is 22.4 Å². The van der Waals surface area contributed by atoms with Crippen LogP contribution in [0.3, 0.4) is 0 Å². The van der Waals surface area contributed by atoms with E-state index in [4.69, 9.17) is 11.6 Å². The number of nitro benzene ring substituents is 1. The Hall–Kier alpha value is -3.54. The molecule has 0 aromatic heterocycles. The van der Waals surface area contributed by atoms with Crippen LogP contribution in [0, 0.1) is 10.1 Å². The summed E-state index contributed by atoms with van der Waals surface area (Å²) in [5, 5.41) is 14.6. The van der Waals surface area contributed by atoms with Crippen molar-refractivity contribution in [3.05, 3.63) is 63.2 Å². The molecule has 2 saturated heterocycles. The number of hydrogen-bond acceptors (Lipinski definition) is 6. The van der Waals surface area contributed by atoms with E-state index >= 15 is 0 Å². The predicted molar refractivity (Wildman–Crippen MR) is 136 cm³/mol. The summed E-state index contributed by atoms with van der Waals surface area (Å²) in [7, 11) is 0. The Morgan fingerprint density at radius 3 is 2.08 bits per heavy atom. The van der Waals surface area contributed by atoms with Gasteiger partial charge in [-0.05, 0) is 49.2 Å². The number of alkyl halides is 3. The molecule has 2 aromatic rings. The summed E-state index contributed by atoms with van der Waals surface area (Å²) in [6, 6.07) is 10.1. The van der Waals surface area contributed by atoms with Crippen molar-refractivity contribution in [1.82, 2.24) is 9.80 Å². The number of nitrogens with zero attached hydrogens (tertiary/aromatic N) is 4. The number of hydrogen-bond donors (Lipinski definition) is 1. The molecule has 2 heterocycles. The van der Waals surface area contributed by atoms with Gasteiger partial charge in [0.2, 0.25) is 11.8 Å². The number of anilines is 2. The van der Waals surface area contributed by atoms with Gasteiger partial charge in [0.15, 0.2) is 0 Å². The average Bonchev–Trinajstić information content (AvgIpc) is 2.89. The van der Waals surface area contributed by atoms with Gasteiger partial charge in [0.1, 0.15) is 12.0 Å². The van der Waals surface area contributed by atoms with E-state index in [9.17, 15) is 32.9 Å². The normalized spacial score (nSPS) is 16.9. The van der Waals surface area contributed by atoms with E-state index in [0.29, 0.717) is 57.1 Å². The summed E-state index contributed by atoms with van der Waals surface area (Å²) in [4.78, 5) is 40.8. The quantitative estimate of drug-likeness (QED) is 0.323. The van der Waals surface area contributed by atoms with E-state index in [-0.39, 0.29) is 30.0 Å². The average molecular weight is 554 g/mol. The van der Waals surface area contributed by atoms with Crippen LogP contribution in [-0.2, 0) is 15.8 Å². The molecule has 2 aliphatic rings. The van der Waals surface area contributed by atoms with Crippen LogP contribution in [-0.4, -0.2) is 71.8 Å². The van der Waals surface area contributed by atoms with Gasteiger partial charge < -0.3 is 20.0 Å². The van der Waals surface area contributed by atoms with Gasteiger partial charge in [-0.2, -0.15) is 13.2 Å². The Kier molecular flexibility index (Phi) is 8.29. The maximum atomic E-state index is 13.2. The number of nitro groups is 1. The lowest BCUT2D eigenvalue weighted by Gasteiger charge is -2.37. The molecule has 0 saturated carbocycles. The molecule has 0 spiro atoms.